The van der Waals surface area contributed by atoms with Gasteiger partial charge in [0.2, 0.25) is 0 Å². The van der Waals surface area contributed by atoms with Gasteiger partial charge in [0.05, 0.1) is 15.0 Å². The smallest absolute Gasteiger partial charge is 0.324 e. The Bertz CT molecular complexity index is 506. The van der Waals surface area contributed by atoms with E-state index >= 15 is 0 Å². The molecule has 3 N–H and O–H groups in total. The molecular formula is C11H15ClN2O4S2. The number of ether oxygens (including phenoxy) is 1. The van der Waals surface area contributed by atoms with Crippen LogP contribution in [0, 0.1) is 0 Å². The fraction of sp³-hybridized carbons (Fsp3) is 0.455. The molecule has 2 atom stereocenters. The van der Waals surface area contributed by atoms with Crippen LogP contribution in [0.5, 0.6) is 0 Å². The maximum Gasteiger partial charge on any atom is 0.324 e. The van der Waals surface area contributed by atoms with Crippen molar-refractivity contribution in [1.29, 1.82) is 0 Å². The van der Waals surface area contributed by atoms with Crippen LogP contribution in [0.25, 0.3) is 0 Å². The summed E-state index contributed by atoms with van der Waals surface area (Å²) in [6.07, 6.45) is 1.51. The fourth-order valence-corrected chi connectivity index (χ4v) is 2.45. The molecule has 9 heteroatoms. The average Bonchev–Trinajstić information content (AvgIpc) is 2.81. The maximum atomic E-state index is 11.7. The number of hydrogen-bond donors (Lipinski definition) is 2. The van der Waals surface area contributed by atoms with Gasteiger partial charge in [-0.3, -0.25) is 13.8 Å². The lowest BCUT2D eigenvalue weighted by Gasteiger charge is -2.11. The molecule has 0 radical (unpaired) electrons. The van der Waals surface area contributed by atoms with Gasteiger partial charge in [-0.25, -0.2) is 0 Å². The molecule has 0 saturated heterocycles. The molecule has 1 heterocycles. The van der Waals surface area contributed by atoms with E-state index in [0.29, 0.717) is 9.21 Å². The van der Waals surface area contributed by atoms with Gasteiger partial charge in [0, 0.05) is 23.6 Å². The quantitative estimate of drug-likeness (QED) is 0.700. The minimum absolute atomic E-state index is 0.0393. The summed E-state index contributed by atoms with van der Waals surface area (Å²) in [7, 11) is -1.03. The number of nitrogens with one attached hydrogen (secondary N) is 1. The van der Waals surface area contributed by atoms with Crippen LogP contribution in [0.15, 0.2) is 12.1 Å². The van der Waals surface area contributed by atoms with Crippen molar-refractivity contribution in [3.05, 3.63) is 21.3 Å². The Hall–Kier alpha value is -0.960. The highest BCUT2D eigenvalue weighted by Crippen LogP contribution is 2.20. The number of amides is 1. The molecule has 0 unspecified atom stereocenters. The highest BCUT2D eigenvalue weighted by molar-refractivity contribution is 7.84. The van der Waals surface area contributed by atoms with Crippen LogP contribution in [-0.4, -0.2) is 47.3 Å². The van der Waals surface area contributed by atoms with Crippen LogP contribution in [0.1, 0.15) is 9.67 Å². The molecule has 0 aromatic carbocycles. The Labute approximate surface area is 128 Å². The lowest BCUT2D eigenvalue weighted by Crippen LogP contribution is -2.43. The van der Waals surface area contributed by atoms with Gasteiger partial charge in [-0.15, -0.1) is 11.3 Å². The molecule has 0 aliphatic rings. The van der Waals surface area contributed by atoms with Gasteiger partial charge < -0.3 is 15.8 Å². The highest BCUT2D eigenvalue weighted by Gasteiger charge is 2.17. The normalized spacial score (nSPS) is 13.6. The van der Waals surface area contributed by atoms with Gasteiger partial charge in [-0.05, 0) is 12.1 Å². The minimum Gasteiger partial charge on any atom is -0.464 e. The summed E-state index contributed by atoms with van der Waals surface area (Å²) < 4.78 is 16.1. The van der Waals surface area contributed by atoms with E-state index in [2.05, 4.69) is 5.32 Å². The number of nitrogens with two attached hydrogens (primary N) is 1. The van der Waals surface area contributed by atoms with Crippen molar-refractivity contribution in [2.75, 3.05) is 25.2 Å². The summed E-state index contributed by atoms with van der Waals surface area (Å²) in [5.74, 6) is -0.724. The van der Waals surface area contributed by atoms with Crippen molar-refractivity contribution in [3.8, 4) is 0 Å². The SMILES string of the molecule is C[S@](=O)CCOC(=O)[C@@H](N)CNC(=O)c1ccc(Cl)s1. The van der Waals surface area contributed by atoms with Crippen molar-refractivity contribution in [2.24, 2.45) is 5.73 Å². The second kappa shape index (κ2) is 8.35. The van der Waals surface area contributed by atoms with Gasteiger partial charge in [0.15, 0.2) is 0 Å². The molecule has 0 saturated carbocycles. The van der Waals surface area contributed by atoms with E-state index in [0.717, 1.165) is 11.3 Å². The van der Waals surface area contributed by atoms with E-state index in [1.54, 1.807) is 12.1 Å². The Morgan fingerprint density at radius 3 is 2.80 bits per heavy atom. The van der Waals surface area contributed by atoms with Crippen molar-refractivity contribution in [1.82, 2.24) is 5.32 Å². The van der Waals surface area contributed by atoms with E-state index in [1.165, 1.54) is 6.26 Å². The number of carbonyl (C=O) groups excluding carboxylic acids is 2. The van der Waals surface area contributed by atoms with E-state index in [9.17, 15) is 13.8 Å². The predicted octanol–water partition coefficient (Wildman–Crippen LogP) is 0.380. The third-order valence-corrected chi connectivity index (χ3v) is 4.17. The number of carbonyl (C=O) groups is 2. The summed E-state index contributed by atoms with van der Waals surface area (Å²) in [5, 5.41) is 2.52. The molecule has 0 aliphatic carbocycles. The molecule has 112 valence electrons. The monoisotopic (exact) mass is 338 g/mol. The van der Waals surface area contributed by atoms with Crippen LogP contribution in [0.2, 0.25) is 4.34 Å². The van der Waals surface area contributed by atoms with Crippen molar-refractivity contribution < 1.29 is 18.5 Å². The Balaban J connectivity index is 2.31. The lowest BCUT2D eigenvalue weighted by atomic mass is 10.3. The molecule has 1 rings (SSSR count). The van der Waals surface area contributed by atoms with E-state index < -0.39 is 22.8 Å². The summed E-state index contributed by atoms with van der Waals surface area (Å²) in [4.78, 5) is 23.6. The van der Waals surface area contributed by atoms with E-state index in [-0.39, 0.29) is 24.8 Å². The fourth-order valence-electron chi connectivity index (χ4n) is 1.18. The van der Waals surface area contributed by atoms with Gasteiger partial charge in [-0.2, -0.15) is 0 Å². The first-order valence-electron chi connectivity index (χ1n) is 5.66. The summed E-state index contributed by atoms with van der Waals surface area (Å²) in [6, 6.07) is 2.24. The number of esters is 1. The lowest BCUT2D eigenvalue weighted by molar-refractivity contribution is -0.144. The van der Waals surface area contributed by atoms with Gasteiger partial charge in [0.1, 0.15) is 12.6 Å². The van der Waals surface area contributed by atoms with E-state index in [4.69, 9.17) is 22.1 Å². The molecular weight excluding hydrogens is 324 g/mol. The zero-order valence-corrected chi connectivity index (χ0v) is 13.1. The Kier molecular flexibility index (Phi) is 7.14. The number of hydrogen-bond acceptors (Lipinski definition) is 6. The van der Waals surface area contributed by atoms with Crippen LogP contribution >= 0.6 is 22.9 Å². The van der Waals surface area contributed by atoms with Crippen molar-refractivity contribution in [3.63, 3.8) is 0 Å². The molecule has 0 aliphatic heterocycles. The second-order valence-electron chi connectivity index (χ2n) is 3.87. The number of thiophene rings is 1. The minimum atomic E-state index is -1.03. The topological polar surface area (TPSA) is 98.5 Å². The predicted molar refractivity (Wildman–Crippen MR) is 79.5 cm³/mol. The molecule has 1 aromatic rings. The van der Waals surface area contributed by atoms with Crippen molar-refractivity contribution >= 4 is 45.6 Å². The molecule has 0 bridgehead atoms. The molecule has 20 heavy (non-hydrogen) atoms. The molecule has 1 aromatic heterocycles. The number of rotatable bonds is 7. The Morgan fingerprint density at radius 1 is 1.55 bits per heavy atom. The highest BCUT2D eigenvalue weighted by atomic mass is 35.5. The molecule has 0 spiro atoms. The summed E-state index contributed by atoms with van der Waals surface area (Å²) in [5.41, 5.74) is 5.58. The third kappa shape index (κ3) is 6.00. The van der Waals surface area contributed by atoms with Gasteiger partial charge in [0.25, 0.3) is 5.91 Å². The summed E-state index contributed by atoms with van der Waals surface area (Å²) >= 11 is 6.85. The van der Waals surface area contributed by atoms with Gasteiger partial charge in [-0.1, -0.05) is 11.6 Å². The average molecular weight is 339 g/mol. The van der Waals surface area contributed by atoms with Crippen LogP contribution in [0.4, 0.5) is 0 Å². The molecule has 1 amide bonds. The summed E-state index contributed by atoms with van der Waals surface area (Å²) in [6.45, 7) is 0.00647. The van der Waals surface area contributed by atoms with Crippen molar-refractivity contribution in [2.45, 2.75) is 6.04 Å². The third-order valence-electron chi connectivity index (χ3n) is 2.20. The van der Waals surface area contributed by atoms with Gasteiger partial charge >= 0.3 is 5.97 Å². The zero-order chi connectivity index (χ0) is 15.1. The van der Waals surface area contributed by atoms with Crippen LogP contribution < -0.4 is 11.1 Å². The van der Waals surface area contributed by atoms with E-state index in [1.807, 2.05) is 0 Å². The first-order valence-corrected chi connectivity index (χ1v) is 8.58. The van der Waals surface area contributed by atoms with Crippen LogP contribution in [0.3, 0.4) is 0 Å². The number of halogens is 1. The molecule has 0 fully saturated rings. The first-order chi connectivity index (χ1) is 9.40. The zero-order valence-electron chi connectivity index (χ0n) is 10.8. The van der Waals surface area contributed by atoms with Crippen LogP contribution in [-0.2, 0) is 20.3 Å². The first kappa shape index (κ1) is 17.1. The maximum absolute atomic E-state index is 11.7. The second-order valence-corrected chi connectivity index (χ2v) is 7.13. The standard InChI is InChI=1S/C11H15ClN2O4S2/c1-20(17)5-4-18-11(16)7(13)6-14-10(15)8-2-3-9(12)19-8/h2-3,7H,4-6,13H2,1H3,(H,14,15)/t7-,20-/m0/s1. The largest absolute Gasteiger partial charge is 0.464 e. The Morgan fingerprint density at radius 2 is 2.25 bits per heavy atom. The molecule has 6 nitrogen and oxygen atoms in total.